The second kappa shape index (κ2) is 7.14. The van der Waals surface area contributed by atoms with Gasteiger partial charge in [0.15, 0.2) is 0 Å². The van der Waals surface area contributed by atoms with E-state index in [1.54, 1.807) is 7.11 Å². The Morgan fingerprint density at radius 1 is 1.40 bits per heavy atom. The van der Waals surface area contributed by atoms with Crippen molar-refractivity contribution in [1.82, 2.24) is 10.2 Å². The van der Waals surface area contributed by atoms with Crippen molar-refractivity contribution >= 4 is 11.7 Å². The molecule has 1 aliphatic heterocycles. The van der Waals surface area contributed by atoms with Crippen molar-refractivity contribution in [2.24, 2.45) is 5.92 Å². The molecule has 1 heterocycles. The number of methoxy groups -OCH3 is 1. The van der Waals surface area contributed by atoms with Crippen LogP contribution in [-0.4, -0.2) is 44.7 Å². The van der Waals surface area contributed by atoms with Crippen LogP contribution in [0, 0.1) is 5.92 Å². The Labute approximate surface area is 120 Å². The zero-order valence-electron chi connectivity index (χ0n) is 12.2. The van der Waals surface area contributed by atoms with Gasteiger partial charge in [-0.3, -0.25) is 0 Å². The number of hydrogen-bond donors (Lipinski definition) is 2. The Balaban J connectivity index is 1.89. The fourth-order valence-corrected chi connectivity index (χ4v) is 2.58. The molecule has 1 aromatic rings. The molecule has 0 saturated carbocycles. The van der Waals surface area contributed by atoms with E-state index in [0.29, 0.717) is 5.92 Å². The van der Waals surface area contributed by atoms with Crippen molar-refractivity contribution in [3.05, 3.63) is 24.3 Å². The van der Waals surface area contributed by atoms with Gasteiger partial charge in [0.2, 0.25) is 0 Å². The molecular weight excluding hydrogens is 254 g/mol. The first-order valence-electron chi connectivity index (χ1n) is 7.07. The molecule has 0 aromatic heterocycles. The van der Waals surface area contributed by atoms with E-state index in [9.17, 15) is 4.79 Å². The number of likely N-dealkylation sites (tertiary alicyclic amines) is 1. The van der Waals surface area contributed by atoms with Crippen LogP contribution < -0.4 is 15.4 Å². The Kier molecular flexibility index (Phi) is 5.24. The molecule has 1 aromatic carbocycles. The summed E-state index contributed by atoms with van der Waals surface area (Å²) in [6.45, 7) is 2.62. The second-order valence-corrected chi connectivity index (χ2v) is 5.17. The van der Waals surface area contributed by atoms with Crippen molar-refractivity contribution in [3.63, 3.8) is 0 Å². The van der Waals surface area contributed by atoms with Crippen molar-refractivity contribution in [2.45, 2.75) is 12.8 Å². The molecule has 0 aliphatic carbocycles. The lowest BCUT2D eigenvalue weighted by Gasteiger charge is -2.32. The average Bonchev–Trinajstić information content (AvgIpc) is 2.48. The summed E-state index contributed by atoms with van der Waals surface area (Å²) >= 11 is 0. The largest absolute Gasteiger partial charge is 0.497 e. The third-order valence-electron chi connectivity index (χ3n) is 3.64. The number of piperidine rings is 1. The Hall–Kier alpha value is -1.75. The highest BCUT2D eigenvalue weighted by molar-refractivity contribution is 5.89. The first-order chi connectivity index (χ1) is 9.72. The van der Waals surface area contributed by atoms with Crippen LogP contribution in [0.25, 0.3) is 0 Å². The van der Waals surface area contributed by atoms with Gasteiger partial charge in [0.05, 0.1) is 7.11 Å². The highest BCUT2D eigenvalue weighted by atomic mass is 16.5. The van der Waals surface area contributed by atoms with Crippen molar-refractivity contribution < 1.29 is 9.53 Å². The molecule has 1 aliphatic rings. The first kappa shape index (κ1) is 14.7. The van der Waals surface area contributed by atoms with Crippen molar-refractivity contribution in [2.75, 3.05) is 39.1 Å². The number of hydrogen-bond acceptors (Lipinski definition) is 3. The third kappa shape index (κ3) is 3.87. The van der Waals surface area contributed by atoms with Gasteiger partial charge in [0.1, 0.15) is 5.75 Å². The number of carbonyl (C=O) groups excluding carboxylic acids is 1. The molecule has 5 nitrogen and oxygen atoms in total. The van der Waals surface area contributed by atoms with Gasteiger partial charge in [-0.2, -0.15) is 0 Å². The van der Waals surface area contributed by atoms with Crippen LogP contribution in [0.3, 0.4) is 0 Å². The van der Waals surface area contributed by atoms with Crippen LogP contribution in [-0.2, 0) is 0 Å². The summed E-state index contributed by atoms with van der Waals surface area (Å²) in [4.78, 5) is 14.1. The van der Waals surface area contributed by atoms with Gasteiger partial charge in [0.25, 0.3) is 0 Å². The fourth-order valence-electron chi connectivity index (χ4n) is 2.58. The topological polar surface area (TPSA) is 53.6 Å². The predicted molar refractivity (Wildman–Crippen MR) is 80.2 cm³/mol. The molecule has 2 N–H and O–H groups in total. The van der Waals surface area contributed by atoms with Gasteiger partial charge in [-0.05, 0) is 56.6 Å². The maximum absolute atomic E-state index is 12.2. The average molecular weight is 277 g/mol. The molecule has 1 atom stereocenters. The van der Waals surface area contributed by atoms with Gasteiger partial charge >= 0.3 is 6.03 Å². The lowest BCUT2D eigenvalue weighted by atomic mass is 9.98. The van der Waals surface area contributed by atoms with Crippen LogP contribution >= 0.6 is 0 Å². The van der Waals surface area contributed by atoms with Crippen LogP contribution in [0.4, 0.5) is 10.5 Å². The van der Waals surface area contributed by atoms with Gasteiger partial charge in [0, 0.05) is 18.8 Å². The molecule has 5 heteroatoms. The highest BCUT2D eigenvalue weighted by Crippen LogP contribution is 2.18. The number of nitrogens with one attached hydrogen (secondary N) is 2. The SMILES string of the molecule is CNCC1CCCN(C(=O)Nc2ccc(OC)cc2)C1. The van der Waals surface area contributed by atoms with Crippen LogP contribution in [0.5, 0.6) is 5.75 Å². The van der Waals surface area contributed by atoms with Gasteiger partial charge in [-0.25, -0.2) is 4.79 Å². The molecule has 110 valence electrons. The first-order valence-corrected chi connectivity index (χ1v) is 7.07. The number of ether oxygens (including phenoxy) is 1. The van der Waals surface area contributed by atoms with E-state index in [2.05, 4.69) is 10.6 Å². The molecule has 2 rings (SSSR count). The minimum atomic E-state index is -0.0176. The standard InChI is InChI=1S/C15H23N3O2/c1-16-10-12-4-3-9-18(11-12)15(19)17-13-5-7-14(20-2)8-6-13/h5-8,12,16H,3-4,9-11H2,1-2H3,(H,17,19). The predicted octanol–water partition coefficient (Wildman–Crippen LogP) is 2.16. The maximum atomic E-state index is 12.2. The number of nitrogens with zero attached hydrogens (tertiary/aromatic N) is 1. The summed E-state index contributed by atoms with van der Waals surface area (Å²) in [5.74, 6) is 1.34. The van der Waals surface area contributed by atoms with E-state index in [1.165, 1.54) is 6.42 Å². The molecule has 0 spiro atoms. The number of anilines is 1. The Morgan fingerprint density at radius 3 is 2.80 bits per heavy atom. The molecule has 1 unspecified atom stereocenters. The number of rotatable bonds is 4. The van der Waals surface area contributed by atoms with E-state index in [0.717, 1.165) is 37.5 Å². The molecule has 20 heavy (non-hydrogen) atoms. The maximum Gasteiger partial charge on any atom is 0.321 e. The minimum absolute atomic E-state index is 0.0176. The highest BCUT2D eigenvalue weighted by Gasteiger charge is 2.23. The normalized spacial score (nSPS) is 18.7. The van der Waals surface area contributed by atoms with E-state index < -0.39 is 0 Å². The van der Waals surface area contributed by atoms with Gasteiger partial charge in [-0.15, -0.1) is 0 Å². The summed E-state index contributed by atoms with van der Waals surface area (Å²) in [5, 5.41) is 6.12. The van der Waals surface area contributed by atoms with Crippen LogP contribution in [0.2, 0.25) is 0 Å². The zero-order chi connectivity index (χ0) is 14.4. The van der Waals surface area contributed by atoms with Gasteiger partial charge in [-0.1, -0.05) is 0 Å². The second-order valence-electron chi connectivity index (χ2n) is 5.17. The number of amides is 2. The lowest BCUT2D eigenvalue weighted by molar-refractivity contribution is 0.177. The molecule has 0 radical (unpaired) electrons. The van der Waals surface area contributed by atoms with Gasteiger partial charge < -0.3 is 20.3 Å². The van der Waals surface area contributed by atoms with E-state index in [1.807, 2.05) is 36.2 Å². The number of urea groups is 1. The van der Waals surface area contributed by atoms with Crippen molar-refractivity contribution in [3.8, 4) is 5.75 Å². The molecule has 1 saturated heterocycles. The zero-order valence-corrected chi connectivity index (χ0v) is 12.2. The molecule has 0 bridgehead atoms. The summed E-state index contributed by atoms with van der Waals surface area (Å²) in [5.41, 5.74) is 0.798. The summed E-state index contributed by atoms with van der Waals surface area (Å²) in [7, 11) is 3.58. The number of benzene rings is 1. The van der Waals surface area contributed by atoms with E-state index in [4.69, 9.17) is 4.74 Å². The van der Waals surface area contributed by atoms with Crippen molar-refractivity contribution in [1.29, 1.82) is 0 Å². The molecular formula is C15H23N3O2. The summed E-state index contributed by atoms with van der Waals surface area (Å²) < 4.78 is 5.10. The molecule has 2 amide bonds. The summed E-state index contributed by atoms with van der Waals surface area (Å²) in [6, 6.07) is 7.37. The summed E-state index contributed by atoms with van der Waals surface area (Å²) in [6.07, 6.45) is 2.26. The lowest BCUT2D eigenvalue weighted by Crippen LogP contribution is -2.44. The van der Waals surface area contributed by atoms with E-state index in [-0.39, 0.29) is 6.03 Å². The number of carbonyl (C=O) groups is 1. The Morgan fingerprint density at radius 2 is 2.15 bits per heavy atom. The quantitative estimate of drug-likeness (QED) is 0.886. The van der Waals surface area contributed by atoms with Crippen LogP contribution in [0.1, 0.15) is 12.8 Å². The molecule has 1 fully saturated rings. The van der Waals surface area contributed by atoms with E-state index >= 15 is 0 Å². The monoisotopic (exact) mass is 277 g/mol. The Bertz CT molecular complexity index is 431. The fraction of sp³-hybridized carbons (Fsp3) is 0.533. The minimum Gasteiger partial charge on any atom is -0.497 e. The third-order valence-corrected chi connectivity index (χ3v) is 3.64. The van der Waals surface area contributed by atoms with Crippen LogP contribution in [0.15, 0.2) is 24.3 Å². The smallest absolute Gasteiger partial charge is 0.321 e.